The molecule has 0 aliphatic carbocycles. The summed E-state index contributed by atoms with van der Waals surface area (Å²) in [5.74, 6) is 7.33. The molecule has 0 aliphatic rings. The molecular formula is C38H38GeIrN4O-2. The molecule has 3 aromatic carbocycles. The van der Waals surface area contributed by atoms with Crippen LogP contribution < -0.4 is 4.40 Å². The van der Waals surface area contributed by atoms with Gasteiger partial charge in [-0.05, 0) is 38.1 Å². The van der Waals surface area contributed by atoms with E-state index in [2.05, 4.69) is 69.1 Å². The van der Waals surface area contributed by atoms with E-state index in [4.69, 9.17) is 10.8 Å². The summed E-state index contributed by atoms with van der Waals surface area (Å²) in [6.45, 7) is 8.84. The van der Waals surface area contributed by atoms with Crippen molar-refractivity contribution in [3.8, 4) is 22.6 Å². The number of hydrogen-bond donors (Lipinski definition) is 0. The molecule has 7 heteroatoms. The summed E-state index contributed by atoms with van der Waals surface area (Å²) < 4.78 is 18.1. The number of imidazole rings is 1. The van der Waals surface area contributed by atoms with Gasteiger partial charge in [0.15, 0.2) is 0 Å². The van der Waals surface area contributed by atoms with Crippen molar-refractivity contribution in [1.29, 1.82) is 0 Å². The van der Waals surface area contributed by atoms with E-state index in [0.29, 0.717) is 5.71 Å². The molecule has 4 aromatic heterocycles. The van der Waals surface area contributed by atoms with Crippen molar-refractivity contribution < 1.29 is 25.9 Å². The summed E-state index contributed by atoms with van der Waals surface area (Å²) in [4.78, 5) is 14.0. The number of pyridine rings is 2. The molecule has 0 amide bonds. The molecule has 0 spiro atoms. The minimum atomic E-state index is -2.03. The Kier molecular flexibility index (Phi) is 9.37. The molecule has 0 N–H and O–H groups in total. The Hall–Kier alpha value is -3.58. The van der Waals surface area contributed by atoms with Gasteiger partial charge in [0.1, 0.15) is 0 Å². The molecule has 45 heavy (non-hydrogen) atoms. The van der Waals surface area contributed by atoms with Crippen LogP contribution in [0.15, 0.2) is 89.5 Å². The second kappa shape index (κ2) is 13.4. The zero-order valence-corrected chi connectivity index (χ0v) is 31.3. The van der Waals surface area contributed by atoms with Gasteiger partial charge in [0, 0.05) is 37.7 Å². The fourth-order valence-electron chi connectivity index (χ4n) is 5.63. The van der Waals surface area contributed by atoms with Crippen molar-refractivity contribution in [3.05, 3.63) is 108 Å². The number of benzene rings is 3. The maximum absolute atomic E-state index is 8.44. The first-order valence-electron chi connectivity index (χ1n) is 15.6. The third kappa shape index (κ3) is 6.55. The molecule has 0 fully saturated rings. The van der Waals surface area contributed by atoms with Crippen LogP contribution in [0.4, 0.5) is 0 Å². The fourth-order valence-corrected chi connectivity index (χ4v) is 8.95. The molecule has 231 valence electrons. The van der Waals surface area contributed by atoms with Gasteiger partial charge >= 0.3 is 120 Å². The van der Waals surface area contributed by atoms with Crippen LogP contribution in [0.3, 0.4) is 0 Å². The number of nitrogens with zero attached hydrogens (tertiary/aromatic N) is 4. The van der Waals surface area contributed by atoms with Gasteiger partial charge in [-0.3, -0.25) is 4.98 Å². The van der Waals surface area contributed by atoms with Gasteiger partial charge < -0.3 is 8.98 Å². The number of aryl methyl sites for hydroxylation is 2. The average molecular weight is 833 g/mol. The first kappa shape index (κ1) is 31.4. The van der Waals surface area contributed by atoms with Crippen molar-refractivity contribution in [2.75, 3.05) is 0 Å². The van der Waals surface area contributed by atoms with E-state index in [9.17, 15) is 0 Å². The van der Waals surface area contributed by atoms with Crippen molar-refractivity contribution >= 4 is 50.8 Å². The summed E-state index contributed by atoms with van der Waals surface area (Å²) in [7, 11) is 0. The summed E-state index contributed by atoms with van der Waals surface area (Å²) in [5, 5.41) is 2.07. The summed E-state index contributed by atoms with van der Waals surface area (Å²) >= 11 is -2.03. The van der Waals surface area contributed by atoms with E-state index in [-0.39, 0.29) is 20.1 Å². The van der Waals surface area contributed by atoms with Crippen LogP contribution in [-0.2, 0) is 26.7 Å². The van der Waals surface area contributed by atoms with Crippen molar-refractivity contribution in [2.24, 2.45) is 0 Å². The Morgan fingerprint density at radius 2 is 1.71 bits per heavy atom. The Bertz CT molecular complexity index is 2140. The van der Waals surface area contributed by atoms with Crippen molar-refractivity contribution in [1.82, 2.24) is 19.5 Å². The molecule has 0 aliphatic heterocycles. The molecule has 0 saturated carbocycles. The molecule has 5 nitrogen and oxygen atoms in total. The molecule has 4 heterocycles. The van der Waals surface area contributed by atoms with Gasteiger partial charge in [0.25, 0.3) is 0 Å². The van der Waals surface area contributed by atoms with Crippen molar-refractivity contribution in [3.63, 3.8) is 0 Å². The van der Waals surface area contributed by atoms with E-state index < -0.39 is 19.2 Å². The smallest absolute Gasteiger partial charge is 0 e. The Morgan fingerprint density at radius 1 is 0.933 bits per heavy atom. The third-order valence-electron chi connectivity index (χ3n) is 7.87. The van der Waals surface area contributed by atoms with E-state index in [1.807, 2.05) is 87.6 Å². The number of fused-ring (bicyclic) bond motifs is 4. The zero-order valence-electron chi connectivity index (χ0n) is 27.8. The number of furan rings is 1. The van der Waals surface area contributed by atoms with Gasteiger partial charge in [-0.1, -0.05) is 23.1 Å². The Balaban J connectivity index is 0.000000182. The topological polar surface area (TPSA) is 56.7 Å². The largest absolute Gasteiger partial charge is 0 e. The monoisotopic (exact) mass is 834 g/mol. The third-order valence-corrected chi connectivity index (χ3v) is 12.1. The number of rotatable bonds is 5. The van der Waals surface area contributed by atoms with Crippen LogP contribution in [0.2, 0.25) is 17.3 Å². The second-order valence-corrected chi connectivity index (χ2v) is 22.9. The van der Waals surface area contributed by atoms with Crippen LogP contribution in [-0.4, -0.2) is 32.8 Å². The number of para-hydroxylation sites is 2. The van der Waals surface area contributed by atoms with Crippen LogP contribution in [0, 0.1) is 19.1 Å². The molecule has 1 radical (unpaired) electrons. The Labute approximate surface area is 283 Å². The summed E-state index contributed by atoms with van der Waals surface area (Å²) in [6.07, 6.45) is 2.00. The average Bonchev–Trinajstić information content (AvgIpc) is 3.58. The molecule has 0 unspecified atom stereocenters. The van der Waals surface area contributed by atoms with E-state index >= 15 is 0 Å². The SMILES string of the molecule is CCn1c(-c2[c-]ccc3c2oc2nc(C)ccc23)nc2ccccc21.[2H]C(C)(C)c1cc(-c2[c-]cccc2)nc[c]1[Ge]([CH3])([CH3])[CH3].[Ir]. The summed E-state index contributed by atoms with van der Waals surface area (Å²) in [5.41, 5.74) is 8.40. The molecule has 0 bridgehead atoms. The van der Waals surface area contributed by atoms with E-state index in [1.54, 1.807) is 0 Å². The minimum absolute atomic E-state index is 0. The molecule has 0 saturated heterocycles. The predicted octanol–water partition coefficient (Wildman–Crippen LogP) is 9.34. The number of aromatic nitrogens is 4. The normalized spacial score (nSPS) is 12.1. The maximum Gasteiger partial charge on any atom is 0 e. The standard InChI is InChI=1S/C21H16N3O.C17H22GeN.Ir/c1-3-24-18-10-5-4-9-17(18)23-20(24)16-8-6-7-14-15-12-11-13(2)22-21(15)25-19(14)16;1-13(2)15-11-17(14-9-7-6-8-10-14)19-12-16(15)18(3,4)5;/h4-7,9-12H,3H2,1-2H3;6-9,11-13H,1-5H3;/q2*-1;/i;13D;. The first-order chi connectivity index (χ1) is 21.5. The summed E-state index contributed by atoms with van der Waals surface area (Å²) in [6, 6.07) is 32.7. The van der Waals surface area contributed by atoms with Crippen LogP contribution in [0.1, 0.15) is 39.3 Å². The second-order valence-electron chi connectivity index (χ2n) is 12.3. The van der Waals surface area contributed by atoms with Gasteiger partial charge in [-0.15, -0.1) is 18.2 Å². The van der Waals surface area contributed by atoms with Crippen LogP contribution in [0.25, 0.3) is 55.7 Å². The van der Waals surface area contributed by atoms with E-state index in [0.717, 1.165) is 67.8 Å². The molecular weight excluding hydrogens is 793 g/mol. The van der Waals surface area contributed by atoms with Gasteiger partial charge in [0.2, 0.25) is 5.71 Å². The van der Waals surface area contributed by atoms with Gasteiger partial charge in [-0.2, -0.15) is 0 Å². The molecule has 7 aromatic rings. The van der Waals surface area contributed by atoms with Crippen molar-refractivity contribution in [2.45, 2.75) is 57.4 Å². The van der Waals surface area contributed by atoms with Gasteiger partial charge in [0.05, 0.1) is 22.4 Å². The predicted molar refractivity (Wildman–Crippen MR) is 185 cm³/mol. The van der Waals surface area contributed by atoms with E-state index in [1.165, 1.54) is 4.40 Å². The zero-order chi connectivity index (χ0) is 31.9. The first-order valence-corrected chi connectivity index (χ1v) is 22.4. The van der Waals surface area contributed by atoms with Gasteiger partial charge in [-0.25, -0.2) is 4.98 Å². The quantitative estimate of drug-likeness (QED) is 0.128. The maximum atomic E-state index is 8.44. The number of hydrogen-bond acceptors (Lipinski definition) is 4. The van der Waals surface area contributed by atoms with Crippen LogP contribution >= 0.6 is 0 Å². The fraction of sp³-hybridized carbons (Fsp3) is 0.237. The molecule has 0 atom stereocenters. The Morgan fingerprint density at radius 3 is 2.42 bits per heavy atom. The molecule has 7 rings (SSSR count). The minimum Gasteiger partial charge on any atom is 0 e. The van der Waals surface area contributed by atoms with Crippen LogP contribution in [0.5, 0.6) is 0 Å².